The van der Waals surface area contributed by atoms with Crippen LogP contribution in [0, 0.1) is 0 Å². The molecule has 4 atom stereocenters. The number of carboxylic acid groups (broad SMARTS) is 1. The molecule has 0 fully saturated rings. The second-order valence-electron chi connectivity index (χ2n) is 10.1. The third-order valence-electron chi connectivity index (χ3n) is 7.02. The Morgan fingerprint density at radius 1 is 0.721 bits per heavy atom. The summed E-state index contributed by atoms with van der Waals surface area (Å²) in [6.07, 6.45) is 2.55. The predicted octanol–water partition coefficient (Wildman–Crippen LogP) is -0.832. The fourth-order valence-electron chi connectivity index (χ4n) is 4.77. The number of carbonyl (C=O) groups is 5. The molecular formula is C29H33N7O7. The van der Waals surface area contributed by atoms with Crippen LogP contribution in [0.3, 0.4) is 0 Å². The summed E-state index contributed by atoms with van der Waals surface area (Å²) in [7, 11) is 0. The van der Waals surface area contributed by atoms with Crippen molar-refractivity contribution in [2.45, 2.75) is 43.4 Å². The lowest BCUT2D eigenvalue weighted by molar-refractivity contribution is -0.142. The fraction of sp³-hybridized carbons (Fsp3) is 0.276. The number of aliphatic hydroxyl groups is 1. The van der Waals surface area contributed by atoms with Crippen LogP contribution < -0.4 is 27.4 Å². The number of rotatable bonds is 14. The number of hydrogen-bond acceptors (Lipinski definition) is 7. The molecule has 2 aromatic carbocycles. The van der Waals surface area contributed by atoms with Crippen molar-refractivity contribution in [3.05, 3.63) is 72.1 Å². The molecule has 14 heteroatoms. The van der Waals surface area contributed by atoms with E-state index in [4.69, 9.17) is 11.5 Å². The zero-order valence-corrected chi connectivity index (χ0v) is 23.0. The van der Waals surface area contributed by atoms with Crippen molar-refractivity contribution in [3.8, 4) is 0 Å². The van der Waals surface area contributed by atoms with Crippen molar-refractivity contribution >= 4 is 51.4 Å². The van der Waals surface area contributed by atoms with Gasteiger partial charge in [-0.2, -0.15) is 0 Å². The number of amides is 4. The average Bonchev–Trinajstić information content (AvgIpc) is 3.59. The summed E-state index contributed by atoms with van der Waals surface area (Å²) in [5, 5.41) is 28.0. The van der Waals surface area contributed by atoms with Gasteiger partial charge in [0.25, 0.3) is 0 Å². The molecule has 4 rings (SSSR count). The number of aliphatic carboxylic acids is 1. The van der Waals surface area contributed by atoms with Crippen molar-refractivity contribution in [3.63, 3.8) is 0 Å². The van der Waals surface area contributed by atoms with Gasteiger partial charge in [0.05, 0.1) is 13.0 Å². The second-order valence-corrected chi connectivity index (χ2v) is 10.1. The molecule has 4 amide bonds. The Morgan fingerprint density at radius 2 is 1.19 bits per heavy atom. The van der Waals surface area contributed by atoms with Crippen LogP contribution in [0.4, 0.5) is 0 Å². The number of aliphatic hydroxyl groups excluding tert-OH is 1. The average molecular weight is 592 g/mol. The van der Waals surface area contributed by atoms with Crippen molar-refractivity contribution in [2.75, 3.05) is 6.61 Å². The van der Waals surface area contributed by atoms with Crippen LogP contribution in [-0.4, -0.2) is 80.6 Å². The van der Waals surface area contributed by atoms with Gasteiger partial charge in [0.2, 0.25) is 23.6 Å². The molecule has 0 bridgehead atoms. The van der Waals surface area contributed by atoms with Gasteiger partial charge in [-0.3, -0.25) is 19.2 Å². The molecule has 43 heavy (non-hydrogen) atoms. The third-order valence-corrected chi connectivity index (χ3v) is 7.02. The summed E-state index contributed by atoms with van der Waals surface area (Å²) in [6.45, 7) is -0.674. The number of H-pyrrole nitrogens is 2. The Bertz CT molecular complexity index is 1650. The van der Waals surface area contributed by atoms with Crippen molar-refractivity contribution in [1.29, 1.82) is 0 Å². The molecule has 4 aromatic rings. The fourth-order valence-corrected chi connectivity index (χ4v) is 4.77. The van der Waals surface area contributed by atoms with Gasteiger partial charge in [-0.15, -0.1) is 0 Å². The lowest BCUT2D eigenvalue weighted by atomic mass is 10.0. The van der Waals surface area contributed by atoms with Gasteiger partial charge in [-0.1, -0.05) is 36.4 Å². The van der Waals surface area contributed by atoms with E-state index < -0.39 is 66.8 Å². The smallest absolute Gasteiger partial charge is 0.326 e. The number of benzene rings is 2. The Labute approximate surface area is 245 Å². The maximum atomic E-state index is 13.5. The number of fused-ring (bicyclic) bond motifs is 2. The van der Waals surface area contributed by atoms with Crippen LogP contribution in [0.25, 0.3) is 21.8 Å². The highest BCUT2D eigenvalue weighted by Gasteiger charge is 2.32. The minimum absolute atomic E-state index is 0.0387. The lowest BCUT2D eigenvalue weighted by Crippen LogP contribution is -2.58. The number of carboxylic acids is 1. The number of carbonyl (C=O) groups excluding carboxylic acids is 4. The van der Waals surface area contributed by atoms with E-state index in [9.17, 15) is 34.2 Å². The van der Waals surface area contributed by atoms with Gasteiger partial charge in [0.15, 0.2) is 0 Å². The summed E-state index contributed by atoms with van der Waals surface area (Å²) in [5.41, 5.74) is 13.9. The summed E-state index contributed by atoms with van der Waals surface area (Å²) < 4.78 is 0. The van der Waals surface area contributed by atoms with Crippen LogP contribution in [0.5, 0.6) is 0 Å². The summed E-state index contributed by atoms with van der Waals surface area (Å²) in [6, 6.07) is 8.98. The van der Waals surface area contributed by atoms with Crippen molar-refractivity contribution in [1.82, 2.24) is 25.9 Å². The van der Waals surface area contributed by atoms with Crippen LogP contribution in [-0.2, 0) is 36.8 Å². The van der Waals surface area contributed by atoms with Gasteiger partial charge >= 0.3 is 5.97 Å². The highest BCUT2D eigenvalue weighted by atomic mass is 16.4. The highest BCUT2D eigenvalue weighted by molar-refractivity contribution is 5.97. The second kappa shape index (κ2) is 13.6. The first-order chi connectivity index (χ1) is 20.6. The normalized spacial score (nSPS) is 14.0. The number of aromatic nitrogens is 2. The largest absolute Gasteiger partial charge is 0.480 e. The molecule has 2 heterocycles. The molecule has 0 aliphatic carbocycles. The molecule has 0 aliphatic rings. The minimum Gasteiger partial charge on any atom is -0.480 e. The van der Waals surface area contributed by atoms with Gasteiger partial charge in [-0.05, 0) is 23.3 Å². The Morgan fingerprint density at radius 3 is 1.70 bits per heavy atom. The van der Waals surface area contributed by atoms with Gasteiger partial charge < -0.3 is 47.6 Å². The van der Waals surface area contributed by atoms with E-state index in [2.05, 4.69) is 25.9 Å². The molecule has 0 spiro atoms. The number of nitrogens with two attached hydrogens (primary N) is 2. The van der Waals surface area contributed by atoms with Crippen LogP contribution in [0.2, 0.25) is 0 Å². The summed E-state index contributed by atoms with van der Waals surface area (Å²) >= 11 is 0. The topological polar surface area (TPSA) is 246 Å². The molecule has 14 nitrogen and oxygen atoms in total. The third kappa shape index (κ3) is 7.55. The van der Waals surface area contributed by atoms with Gasteiger partial charge in [0, 0.05) is 47.0 Å². The highest BCUT2D eigenvalue weighted by Crippen LogP contribution is 2.20. The number of para-hydroxylation sites is 2. The molecular weight excluding hydrogens is 558 g/mol. The first-order valence-electron chi connectivity index (χ1n) is 13.5. The first-order valence-corrected chi connectivity index (χ1v) is 13.5. The molecule has 11 N–H and O–H groups in total. The predicted molar refractivity (Wildman–Crippen MR) is 156 cm³/mol. The summed E-state index contributed by atoms with van der Waals surface area (Å²) in [4.78, 5) is 69.3. The molecule has 2 aromatic heterocycles. The van der Waals surface area contributed by atoms with E-state index in [0.717, 1.165) is 21.8 Å². The van der Waals surface area contributed by atoms with Crippen LogP contribution >= 0.6 is 0 Å². The minimum atomic E-state index is -1.55. The number of hydrogen-bond donors (Lipinski definition) is 9. The number of aromatic amines is 2. The molecule has 4 unspecified atom stereocenters. The van der Waals surface area contributed by atoms with E-state index in [0.29, 0.717) is 11.1 Å². The van der Waals surface area contributed by atoms with Crippen LogP contribution in [0.15, 0.2) is 60.9 Å². The molecule has 226 valence electrons. The molecule has 0 saturated carbocycles. The molecule has 0 saturated heterocycles. The van der Waals surface area contributed by atoms with Gasteiger partial charge in [0.1, 0.15) is 24.2 Å². The number of primary amides is 1. The SMILES string of the molecule is NC(=O)CC(NC(=O)C(Cc1c[nH]c2ccccc12)NC(=O)C(N)CO)C(=O)NC(Cc1c[nH]c2ccccc12)C(=O)O. The van der Waals surface area contributed by atoms with E-state index in [-0.39, 0.29) is 12.8 Å². The lowest BCUT2D eigenvalue weighted by Gasteiger charge is -2.24. The maximum absolute atomic E-state index is 13.5. The zero-order chi connectivity index (χ0) is 31.1. The standard InChI is InChI=1S/C29H33N7O7/c30-19(14-37)26(39)34-22(9-15-12-32-20-7-3-1-5-17(15)20)27(40)35-23(11-25(31)38)28(41)36-24(29(42)43)10-16-13-33-21-8-4-2-6-18(16)21/h1-8,12-13,19,22-24,32-33,37H,9-11,14,30H2,(H2,31,38)(H,34,39)(H,35,40)(H,36,41)(H,42,43). The maximum Gasteiger partial charge on any atom is 0.326 e. The van der Waals surface area contributed by atoms with E-state index in [1.54, 1.807) is 24.5 Å². The quantitative estimate of drug-likeness (QED) is 0.0893. The van der Waals surface area contributed by atoms with Crippen molar-refractivity contribution in [2.24, 2.45) is 11.5 Å². The molecule has 0 aliphatic heterocycles. The Hall–Kier alpha value is -5.21. The monoisotopic (exact) mass is 591 g/mol. The van der Waals surface area contributed by atoms with Gasteiger partial charge in [-0.25, -0.2) is 4.79 Å². The zero-order valence-electron chi connectivity index (χ0n) is 23.0. The summed E-state index contributed by atoms with van der Waals surface area (Å²) in [5.74, 6) is -4.88. The van der Waals surface area contributed by atoms with E-state index in [1.807, 2.05) is 36.4 Å². The Balaban J connectivity index is 1.54. The van der Waals surface area contributed by atoms with Crippen molar-refractivity contribution < 1.29 is 34.2 Å². The van der Waals surface area contributed by atoms with Crippen LogP contribution in [0.1, 0.15) is 17.5 Å². The number of nitrogens with one attached hydrogen (secondary N) is 5. The first kappa shape index (κ1) is 30.7. The van der Waals surface area contributed by atoms with E-state index >= 15 is 0 Å². The van der Waals surface area contributed by atoms with E-state index in [1.165, 1.54) is 0 Å². The Kier molecular flexibility index (Phi) is 9.75. The molecule has 0 radical (unpaired) electrons.